The van der Waals surface area contributed by atoms with Crippen LogP contribution in [0.4, 0.5) is 27.6 Å². The van der Waals surface area contributed by atoms with Crippen LogP contribution in [0, 0.1) is 29.1 Å². The Bertz CT molecular complexity index is 1460. The van der Waals surface area contributed by atoms with Crippen LogP contribution in [-0.2, 0) is 11.3 Å². The normalized spacial score (nSPS) is 17.2. The van der Waals surface area contributed by atoms with Crippen LogP contribution >= 0.6 is 11.9 Å². The number of benzene rings is 3. The number of carbonyl (C=O) groups excluding carboxylic acids is 2. The number of hydrogen-bond acceptors (Lipinski definition) is 6. The number of aliphatic hydroxyl groups excluding tert-OH is 1. The average molecular weight is 637 g/mol. The molecule has 5 rings (SSSR count). The molecule has 0 unspecified atom stereocenters. The molecular weight excluding hydrogens is 603 g/mol. The number of halogens is 5. The second kappa shape index (κ2) is 15.0. The molecule has 2 fully saturated rings. The minimum Gasteiger partial charge on any atom is -0.507 e. The molecule has 1 amide bonds. The molecule has 1 heterocycles. The fraction of sp³-hybridized carbons (Fsp3) is 0.375. The number of phenols is 1. The van der Waals surface area contributed by atoms with Crippen molar-refractivity contribution in [2.45, 2.75) is 68.3 Å². The van der Waals surface area contributed by atoms with Gasteiger partial charge in [-0.25, -0.2) is 26.3 Å². The maximum atomic E-state index is 14.5. The monoisotopic (exact) mass is 636 g/mol. The Morgan fingerprint density at radius 2 is 1.50 bits per heavy atom. The molecule has 12 heteroatoms. The molecule has 2 N–H and O–H groups in total. The third-order valence-electron chi connectivity index (χ3n) is 7.98. The zero-order chi connectivity index (χ0) is 32.0. The van der Waals surface area contributed by atoms with Gasteiger partial charge in [0, 0.05) is 25.4 Å². The predicted molar refractivity (Wildman–Crippen MR) is 157 cm³/mol. The van der Waals surface area contributed by atoms with Crippen LogP contribution in [0.5, 0.6) is 5.75 Å². The van der Waals surface area contributed by atoms with Crippen LogP contribution < -0.4 is 4.90 Å². The fourth-order valence-electron chi connectivity index (χ4n) is 5.67. The molecule has 1 saturated carbocycles. The number of hydrogen-bond donors (Lipinski definition) is 2. The van der Waals surface area contributed by atoms with Gasteiger partial charge < -0.3 is 15.1 Å². The lowest BCUT2D eigenvalue weighted by Crippen LogP contribution is -2.43. The van der Waals surface area contributed by atoms with Crippen molar-refractivity contribution in [2.75, 3.05) is 18.6 Å². The van der Waals surface area contributed by atoms with Gasteiger partial charge in [0.1, 0.15) is 10.6 Å². The Kier molecular flexibility index (Phi) is 11.4. The molecule has 1 aliphatic carbocycles. The summed E-state index contributed by atoms with van der Waals surface area (Å²) in [6.45, 7) is 0.251. The number of phenolic OH excluding ortho intramolecular Hbond substituents is 1. The molecule has 6 nitrogen and oxygen atoms in total. The first kappa shape index (κ1) is 33.4. The van der Waals surface area contributed by atoms with E-state index in [4.69, 9.17) is 5.11 Å². The maximum Gasteiger partial charge on any atom is 0.245 e. The predicted octanol–water partition coefficient (Wildman–Crippen LogP) is 7.26. The van der Waals surface area contributed by atoms with Gasteiger partial charge in [-0.15, -0.1) is 0 Å². The van der Waals surface area contributed by atoms with Gasteiger partial charge in [0.25, 0.3) is 0 Å². The third-order valence-corrected chi connectivity index (χ3v) is 9.20. The second-order valence-corrected chi connectivity index (χ2v) is 11.7. The molecular formula is C32H33F5N2O4S. The van der Waals surface area contributed by atoms with E-state index >= 15 is 0 Å². The first-order valence-electron chi connectivity index (χ1n) is 14.3. The molecule has 1 saturated heterocycles. The third kappa shape index (κ3) is 7.08. The van der Waals surface area contributed by atoms with Crippen molar-refractivity contribution >= 4 is 29.8 Å². The Hall–Kier alpha value is -3.48. The summed E-state index contributed by atoms with van der Waals surface area (Å²) in [6, 6.07) is 11.2. The van der Waals surface area contributed by atoms with Crippen molar-refractivity contribution in [2.24, 2.45) is 0 Å². The second-order valence-electron chi connectivity index (χ2n) is 10.7. The first-order chi connectivity index (χ1) is 21.2. The largest absolute Gasteiger partial charge is 0.507 e. The number of aromatic hydroxyl groups is 1. The van der Waals surface area contributed by atoms with Gasteiger partial charge in [0.2, 0.25) is 11.7 Å². The van der Waals surface area contributed by atoms with Crippen LogP contribution in [0.1, 0.15) is 72.3 Å². The van der Waals surface area contributed by atoms with Crippen molar-refractivity contribution in [3.63, 3.8) is 0 Å². The molecule has 0 radical (unpaired) electrons. The van der Waals surface area contributed by atoms with Crippen molar-refractivity contribution in [1.29, 1.82) is 0 Å². The molecule has 0 bridgehead atoms. The standard InChI is InChI=1S/C31H29F5N2O3S.CH4O/c32-25-26(33)28(35)30(29(36)27(25)34)42-38-14-4-7-23(38)31(41)37(22-13-12-21(17-39)24(40)15-22)16-18-8-10-20(11-9-18)19-5-2-1-3-6-19;1-2/h8-13,15,17,19,23,40H,1-7,14,16H2;2H,1H3/t23-;/m1./s1. The van der Waals surface area contributed by atoms with E-state index in [1.54, 1.807) is 0 Å². The highest BCUT2D eigenvalue weighted by atomic mass is 32.2. The van der Waals surface area contributed by atoms with Gasteiger partial charge in [-0.3, -0.25) is 9.59 Å². The van der Waals surface area contributed by atoms with Crippen LogP contribution in [-0.4, -0.2) is 46.4 Å². The van der Waals surface area contributed by atoms with Crippen LogP contribution in [0.15, 0.2) is 47.4 Å². The molecule has 2 aliphatic rings. The Labute approximate surface area is 256 Å². The summed E-state index contributed by atoms with van der Waals surface area (Å²) in [7, 11) is 1.00. The quantitative estimate of drug-likeness (QED) is 0.0891. The van der Waals surface area contributed by atoms with E-state index in [-0.39, 0.29) is 36.5 Å². The van der Waals surface area contributed by atoms with Crippen molar-refractivity contribution < 1.29 is 41.8 Å². The smallest absolute Gasteiger partial charge is 0.245 e. The van der Waals surface area contributed by atoms with Crippen molar-refractivity contribution in [3.05, 3.63) is 88.2 Å². The number of rotatable bonds is 8. The lowest BCUT2D eigenvalue weighted by atomic mass is 9.84. The van der Waals surface area contributed by atoms with E-state index < -0.39 is 45.9 Å². The topological polar surface area (TPSA) is 81.1 Å². The van der Waals surface area contributed by atoms with E-state index in [0.29, 0.717) is 30.6 Å². The minimum atomic E-state index is -2.25. The summed E-state index contributed by atoms with van der Waals surface area (Å²) in [4.78, 5) is 25.6. The maximum absolute atomic E-state index is 14.5. The number of aldehydes is 1. The molecule has 44 heavy (non-hydrogen) atoms. The Morgan fingerprint density at radius 3 is 2.09 bits per heavy atom. The van der Waals surface area contributed by atoms with E-state index in [1.165, 1.54) is 52.2 Å². The SMILES string of the molecule is CO.O=Cc1ccc(N(Cc2ccc(C3CCCCC3)cc2)C(=O)[C@H]2CCCN2Sc2c(F)c(F)c(F)c(F)c2F)cc1O. The van der Waals surface area contributed by atoms with Crippen LogP contribution in [0.25, 0.3) is 0 Å². The molecule has 0 aromatic heterocycles. The van der Waals surface area contributed by atoms with Crippen LogP contribution in [0.3, 0.4) is 0 Å². The summed E-state index contributed by atoms with van der Waals surface area (Å²) in [5.74, 6) is -10.6. The zero-order valence-electron chi connectivity index (χ0n) is 24.0. The Morgan fingerprint density at radius 1 is 0.886 bits per heavy atom. The lowest BCUT2D eigenvalue weighted by Gasteiger charge is -2.30. The lowest BCUT2D eigenvalue weighted by molar-refractivity contribution is -0.121. The first-order valence-corrected chi connectivity index (χ1v) is 15.1. The molecule has 3 aromatic carbocycles. The van der Waals surface area contributed by atoms with Gasteiger partial charge in [0.15, 0.2) is 29.6 Å². The molecule has 1 aliphatic heterocycles. The number of anilines is 1. The number of nitrogens with zero attached hydrogens (tertiary/aromatic N) is 2. The highest BCUT2D eigenvalue weighted by Gasteiger charge is 2.38. The summed E-state index contributed by atoms with van der Waals surface area (Å²) in [6.07, 6.45) is 7.08. The molecule has 1 atom stereocenters. The van der Waals surface area contributed by atoms with Crippen molar-refractivity contribution in [1.82, 2.24) is 4.31 Å². The highest BCUT2D eigenvalue weighted by molar-refractivity contribution is 7.97. The molecule has 3 aromatic rings. The van der Waals surface area contributed by atoms with Gasteiger partial charge in [-0.1, -0.05) is 43.5 Å². The molecule has 0 spiro atoms. The summed E-state index contributed by atoms with van der Waals surface area (Å²) in [5.41, 5.74) is 2.34. The summed E-state index contributed by atoms with van der Waals surface area (Å²) < 4.78 is 71.5. The number of amides is 1. The number of aliphatic hydroxyl groups is 1. The van der Waals surface area contributed by atoms with Gasteiger partial charge in [-0.2, -0.15) is 0 Å². The van der Waals surface area contributed by atoms with E-state index in [1.807, 2.05) is 24.3 Å². The summed E-state index contributed by atoms with van der Waals surface area (Å²) in [5, 5.41) is 17.3. The molecule has 236 valence electrons. The van der Waals surface area contributed by atoms with Gasteiger partial charge >= 0.3 is 0 Å². The highest BCUT2D eigenvalue weighted by Crippen LogP contribution is 2.38. The fourth-order valence-corrected chi connectivity index (χ4v) is 6.79. The van der Waals surface area contributed by atoms with E-state index in [9.17, 15) is 36.6 Å². The minimum absolute atomic E-state index is 0.0346. The van der Waals surface area contributed by atoms with Crippen molar-refractivity contribution in [3.8, 4) is 5.75 Å². The van der Waals surface area contributed by atoms with Crippen LogP contribution in [0.2, 0.25) is 0 Å². The van der Waals surface area contributed by atoms with E-state index in [2.05, 4.69) is 0 Å². The van der Waals surface area contributed by atoms with Gasteiger partial charge in [-0.05, 0) is 66.8 Å². The van der Waals surface area contributed by atoms with E-state index in [0.717, 1.165) is 25.5 Å². The average Bonchev–Trinajstić information content (AvgIpc) is 3.53. The van der Waals surface area contributed by atoms with Gasteiger partial charge in [0.05, 0.1) is 18.2 Å². The number of carbonyl (C=O) groups is 2. The summed E-state index contributed by atoms with van der Waals surface area (Å²) >= 11 is 0.317. The Balaban J connectivity index is 0.00000216. The zero-order valence-corrected chi connectivity index (χ0v) is 24.9.